The van der Waals surface area contributed by atoms with E-state index in [1.165, 1.54) is 44.1 Å². The lowest BCUT2D eigenvalue weighted by Gasteiger charge is -2.00. The maximum absolute atomic E-state index is 2.35. The Morgan fingerprint density at radius 1 is 1.25 bits per heavy atom. The van der Waals surface area contributed by atoms with Crippen LogP contribution in [0.15, 0.2) is 23.3 Å². The first kappa shape index (κ1) is 9.57. The van der Waals surface area contributed by atoms with Gasteiger partial charge < -0.3 is 0 Å². The summed E-state index contributed by atoms with van der Waals surface area (Å²) in [6.45, 7) is 4.46. The van der Waals surface area contributed by atoms with Gasteiger partial charge in [0.2, 0.25) is 0 Å². The number of allylic oxidation sites excluding steroid dienone is 4. The number of hydrogen-bond acceptors (Lipinski definition) is 0. The Kier molecular flexibility index (Phi) is 4.13. The van der Waals surface area contributed by atoms with Crippen LogP contribution in [0.5, 0.6) is 0 Å². The molecule has 0 spiro atoms. The lowest BCUT2D eigenvalue weighted by Crippen LogP contribution is -1.80. The van der Waals surface area contributed by atoms with Crippen LogP contribution in [-0.4, -0.2) is 0 Å². The van der Waals surface area contributed by atoms with Crippen molar-refractivity contribution in [1.82, 2.24) is 0 Å². The van der Waals surface area contributed by atoms with Crippen molar-refractivity contribution in [2.45, 2.75) is 52.4 Å². The van der Waals surface area contributed by atoms with Gasteiger partial charge in [-0.05, 0) is 26.2 Å². The average Bonchev–Trinajstić information content (AvgIpc) is 2.45. The number of hydrogen-bond donors (Lipinski definition) is 0. The quantitative estimate of drug-likeness (QED) is 0.533. The first-order chi connectivity index (χ1) is 5.83. The van der Waals surface area contributed by atoms with Crippen molar-refractivity contribution >= 4 is 0 Å². The van der Waals surface area contributed by atoms with Crippen molar-refractivity contribution in [2.75, 3.05) is 0 Å². The second-order valence-corrected chi connectivity index (χ2v) is 3.77. The van der Waals surface area contributed by atoms with E-state index in [0.29, 0.717) is 0 Å². The molecule has 1 aliphatic carbocycles. The van der Waals surface area contributed by atoms with Gasteiger partial charge >= 0.3 is 0 Å². The highest BCUT2D eigenvalue weighted by Gasteiger charge is 2.02. The molecule has 0 aromatic rings. The Balaban J connectivity index is 2.06. The summed E-state index contributed by atoms with van der Waals surface area (Å²) in [5.74, 6) is 0. The maximum Gasteiger partial charge on any atom is -0.0130 e. The van der Waals surface area contributed by atoms with Crippen LogP contribution in [0.25, 0.3) is 0 Å². The molecule has 0 amide bonds. The third kappa shape index (κ3) is 3.25. The van der Waals surface area contributed by atoms with E-state index in [2.05, 4.69) is 26.0 Å². The van der Waals surface area contributed by atoms with E-state index in [1.54, 1.807) is 5.57 Å². The van der Waals surface area contributed by atoms with E-state index >= 15 is 0 Å². The fourth-order valence-corrected chi connectivity index (χ4v) is 1.68. The number of unbranched alkanes of at least 4 members (excludes halogenated alkanes) is 3. The molecule has 0 radical (unpaired) electrons. The van der Waals surface area contributed by atoms with Gasteiger partial charge in [-0.15, -0.1) is 0 Å². The lowest BCUT2D eigenvalue weighted by molar-refractivity contribution is 0.661. The normalized spacial score (nSPS) is 16.2. The first-order valence-corrected chi connectivity index (χ1v) is 5.19. The molecule has 0 unspecified atom stereocenters. The minimum Gasteiger partial charge on any atom is -0.0775 e. The summed E-state index contributed by atoms with van der Waals surface area (Å²) in [5, 5.41) is 0. The Morgan fingerprint density at radius 2 is 2.08 bits per heavy atom. The van der Waals surface area contributed by atoms with Gasteiger partial charge in [0.05, 0.1) is 0 Å². The zero-order valence-corrected chi connectivity index (χ0v) is 8.40. The van der Waals surface area contributed by atoms with Crippen LogP contribution in [0.4, 0.5) is 0 Å². The molecule has 1 aliphatic rings. The van der Waals surface area contributed by atoms with Crippen molar-refractivity contribution in [3.8, 4) is 0 Å². The van der Waals surface area contributed by atoms with Crippen LogP contribution in [-0.2, 0) is 0 Å². The molecule has 0 aliphatic heterocycles. The molecule has 0 saturated heterocycles. The van der Waals surface area contributed by atoms with E-state index < -0.39 is 0 Å². The molecule has 0 N–H and O–H groups in total. The maximum atomic E-state index is 2.35. The molecule has 0 aromatic heterocycles. The lowest BCUT2D eigenvalue weighted by atomic mass is 10.1. The molecular weight excluding hydrogens is 144 g/mol. The summed E-state index contributed by atoms with van der Waals surface area (Å²) in [6.07, 6.45) is 12.8. The topological polar surface area (TPSA) is 0 Å². The largest absolute Gasteiger partial charge is 0.0775 e. The van der Waals surface area contributed by atoms with Crippen LogP contribution in [0.3, 0.4) is 0 Å². The van der Waals surface area contributed by atoms with Gasteiger partial charge in [0.1, 0.15) is 0 Å². The van der Waals surface area contributed by atoms with Crippen molar-refractivity contribution in [3.05, 3.63) is 23.3 Å². The van der Waals surface area contributed by atoms with E-state index in [1.807, 2.05) is 0 Å². The smallest absolute Gasteiger partial charge is 0.0130 e. The van der Waals surface area contributed by atoms with Gasteiger partial charge in [0.25, 0.3) is 0 Å². The summed E-state index contributed by atoms with van der Waals surface area (Å²) in [7, 11) is 0. The van der Waals surface area contributed by atoms with Crippen LogP contribution in [0.1, 0.15) is 52.4 Å². The predicted molar refractivity (Wildman–Crippen MR) is 55.2 cm³/mol. The molecule has 0 heteroatoms. The fraction of sp³-hybridized carbons (Fsp3) is 0.667. The van der Waals surface area contributed by atoms with E-state index in [9.17, 15) is 0 Å². The third-order valence-corrected chi connectivity index (χ3v) is 2.47. The van der Waals surface area contributed by atoms with Gasteiger partial charge in [-0.3, -0.25) is 0 Å². The molecule has 0 bridgehead atoms. The molecule has 1 rings (SSSR count). The van der Waals surface area contributed by atoms with E-state index in [0.717, 1.165) is 0 Å². The molecule has 0 fully saturated rings. The zero-order chi connectivity index (χ0) is 8.81. The summed E-state index contributed by atoms with van der Waals surface area (Å²) in [4.78, 5) is 0. The summed E-state index contributed by atoms with van der Waals surface area (Å²) < 4.78 is 0. The molecule has 12 heavy (non-hydrogen) atoms. The van der Waals surface area contributed by atoms with Crippen molar-refractivity contribution in [1.29, 1.82) is 0 Å². The minimum atomic E-state index is 1.22. The zero-order valence-electron chi connectivity index (χ0n) is 8.40. The van der Waals surface area contributed by atoms with Crippen molar-refractivity contribution in [3.63, 3.8) is 0 Å². The Bertz CT molecular complexity index is 184. The Morgan fingerprint density at radius 3 is 2.67 bits per heavy atom. The van der Waals surface area contributed by atoms with Gasteiger partial charge in [-0.25, -0.2) is 0 Å². The molecule has 0 saturated carbocycles. The minimum absolute atomic E-state index is 1.22. The molecule has 0 aromatic carbocycles. The van der Waals surface area contributed by atoms with E-state index in [4.69, 9.17) is 0 Å². The van der Waals surface area contributed by atoms with E-state index in [-0.39, 0.29) is 0 Å². The first-order valence-electron chi connectivity index (χ1n) is 5.19. The van der Waals surface area contributed by atoms with Gasteiger partial charge in [0, 0.05) is 0 Å². The number of rotatable bonds is 5. The summed E-state index contributed by atoms with van der Waals surface area (Å²) in [5.41, 5.74) is 3.10. The van der Waals surface area contributed by atoms with Crippen LogP contribution in [0, 0.1) is 0 Å². The molecule has 0 nitrogen and oxygen atoms in total. The van der Waals surface area contributed by atoms with Gasteiger partial charge in [0.15, 0.2) is 0 Å². The monoisotopic (exact) mass is 164 g/mol. The van der Waals surface area contributed by atoms with Crippen molar-refractivity contribution in [2.24, 2.45) is 0 Å². The van der Waals surface area contributed by atoms with Gasteiger partial charge in [-0.2, -0.15) is 0 Å². The molecule has 0 atom stereocenters. The third-order valence-electron chi connectivity index (χ3n) is 2.47. The second-order valence-electron chi connectivity index (χ2n) is 3.77. The standard InChI is InChI=1S/C12H20/c1-3-4-5-6-7-12-9-8-11(2)10-12/h8,10H,3-7,9H2,1-2H3. The molecule has 0 heterocycles. The molecular formula is C12H20. The molecule has 68 valence electrons. The average molecular weight is 164 g/mol. The Hall–Kier alpha value is -0.520. The van der Waals surface area contributed by atoms with Crippen LogP contribution >= 0.6 is 0 Å². The van der Waals surface area contributed by atoms with Gasteiger partial charge in [-0.1, -0.05) is 49.5 Å². The van der Waals surface area contributed by atoms with Crippen molar-refractivity contribution < 1.29 is 0 Å². The summed E-state index contributed by atoms with van der Waals surface area (Å²) >= 11 is 0. The highest BCUT2D eigenvalue weighted by molar-refractivity contribution is 5.30. The van der Waals surface area contributed by atoms with Crippen LogP contribution < -0.4 is 0 Å². The second kappa shape index (κ2) is 5.18. The SMILES string of the molecule is CCCCCCC1=CC(C)=CC1. The highest BCUT2D eigenvalue weighted by Crippen LogP contribution is 2.22. The predicted octanol–water partition coefficient (Wildman–Crippen LogP) is 4.23. The Labute approximate surface area is 76.4 Å². The van der Waals surface area contributed by atoms with Crippen LogP contribution in [0.2, 0.25) is 0 Å². The highest BCUT2D eigenvalue weighted by atomic mass is 14.1. The summed E-state index contributed by atoms with van der Waals surface area (Å²) in [6, 6.07) is 0. The fourth-order valence-electron chi connectivity index (χ4n) is 1.68.